The van der Waals surface area contributed by atoms with Gasteiger partial charge in [0.2, 0.25) is 0 Å². The quantitative estimate of drug-likeness (QED) is 0.690. The molecule has 0 aromatic carbocycles. The largest absolute Gasteiger partial charge is 0.480 e. The molecule has 4 heteroatoms. The Morgan fingerprint density at radius 2 is 2.12 bits per heavy atom. The van der Waals surface area contributed by atoms with E-state index in [-0.39, 0.29) is 0 Å². The molecule has 0 saturated heterocycles. The van der Waals surface area contributed by atoms with E-state index in [0.717, 1.165) is 13.1 Å². The van der Waals surface area contributed by atoms with Crippen LogP contribution < -0.4 is 5.32 Å². The number of carboxylic acid groups (broad SMARTS) is 1. The Morgan fingerprint density at radius 1 is 1.50 bits per heavy atom. The summed E-state index contributed by atoms with van der Waals surface area (Å²) in [5, 5.41) is 12.0. The maximum absolute atomic E-state index is 10.8. The van der Waals surface area contributed by atoms with Crippen molar-refractivity contribution < 1.29 is 9.90 Å². The number of carboxylic acids is 1. The fourth-order valence-electron chi connectivity index (χ4n) is 2.35. The summed E-state index contributed by atoms with van der Waals surface area (Å²) in [5.41, 5.74) is 0. The van der Waals surface area contributed by atoms with Crippen LogP contribution in [0.3, 0.4) is 0 Å². The van der Waals surface area contributed by atoms with Crippen LogP contribution in [-0.2, 0) is 4.79 Å². The summed E-state index contributed by atoms with van der Waals surface area (Å²) in [6, 6.07) is 0.323. The number of rotatable bonds is 7. The Hall–Kier alpha value is -0.610. The molecule has 1 unspecified atom stereocenters. The summed E-state index contributed by atoms with van der Waals surface area (Å²) >= 11 is 0. The summed E-state index contributed by atoms with van der Waals surface area (Å²) < 4.78 is 0. The van der Waals surface area contributed by atoms with E-state index in [0.29, 0.717) is 12.5 Å². The Bertz CT molecular complexity index is 215. The third-order valence-corrected chi connectivity index (χ3v) is 3.51. The Kier molecular flexibility index (Phi) is 5.77. The van der Waals surface area contributed by atoms with Crippen LogP contribution >= 0.6 is 0 Å². The number of hydrogen-bond acceptors (Lipinski definition) is 3. The van der Waals surface area contributed by atoms with E-state index in [1.807, 2.05) is 6.92 Å². The zero-order valence-corrected chi connectivity index (χ0v) is 10.4. The predicted molar refractivity (Wildman–Crippen MR) is 64.6 cm³/mol. The minimum absolute atomic E-state index is 0.392. The van der Waals surface area contributed by atoms with Gasteiger partial charge in [0.15, 0.2) is 0 Å². The van der Waals surface area contributed by atoms with E-state index in [9.17, 15) is 4.79 Å². The van der Waals surface area contributed by atoms with Gasteiger partial charge in [-0.2, -0.15) is 0 Å². The van der Waals surface area contributed by atoms with Gasteiger partial charge in [-0.1, -0.05) is 19.8 Å². The highest BCUT2D eigenvalue weighted by Gasteiger charge is 2.19. The van der Waals surface area contributed by atoms with Gasteiger partial charge in [-0.25, -0.2) is 0 Å². The normalized spacial score (nSPS) is 19.2. The third kappa shape index (κ3) is 4.10. The molecule has 0 aliphatic heterocycles. The molecule has 0 heterocycles. The predicted octanol–water partition coefficient (Wildman–Crippen LogP) is 1.31. The third-order valence-electron chi connectivity index (χ3n) is 3.51. The van der Waals surface area contributed by atoms with Crippen molar-refractivity contribution in [2.75, 3.05) is 20.1 Å². The molecule has 0 aromatic rings. The second kappa shape index (κ2) is 6.86. The van der Waals surface area contributed by atoms with Crippen LogP contribution in [-0.4, -0.2) is 48.2 Å². The number of hydrogen-bond donors (Lipinski definition) is 2. The molecular weight excluding hydrogens is 204 g/mol. The van der Waals surface area contributed by atoms with E-state index >= 15 is 0 Å². The molecule has 0 bridgehead atoms. The van der Waals surface area contributed by atoms with E-state index in [1.165, 1.54) is 25.7 Å². The summed E-state index contributed by atoms with van der Waals surface area (Å²) in [7, 11) is 2.14. The molecule has 0 radical (unpaired) electrons. The van der Waals surface area contributed by atoms with E-state index in [4.69, 9.17) is 5.11 Å². The van der Waals surface area contributed by atoms with Gasteiger partial charge in [0.05, 0.1) is 0 Å². The number of aliphatic carboxylic acids is 1. The SMILES string of the molecule is CCC(NCCN(C)C1CCCC1)C(=O)O. The van der Waals surface area contributed by atoms with Crippen molar-refractivity contribution in [1.29, 1.82) is 0 Å². The fraction of sp³-hybridized carbons (Fsp3) is 0.917. The smallest absolute Gasteiger partial charge is 0.320 e. The summed E-state index contributed by atoms with van der Waals surface area (Å²) in [4.78, 5) is 13.1. The Balaban J connectivity index is 2.16. The van der Waals surface area contributed by atoms with Crippen molar-refractivity contribution in [3.05, 3.63) is 0 Å². The first-order valence-electron chi connectivity index (χ1n) is 6.31. The molecule has 0 spiro atoms. The molecule has 2 N–H and O–H groups in total. The molecule has 1 aliphatic rings. The lowest BCUT2D eigenvalue weighted by molar-refractivity contribution is -0.139. The molecule has 1 saturated carbocycles. The average molecular weight is 228 g/mol. The van der Waals surface area contributed by atoms with Gasteiger partial charge >= 0.3 is 5.97 Å². The van der Waals surface area contributed by atoms with E-state index in [1.54, 1.807) is 0 Å². The topological polar surface area (TPSA) is 52.6 Å². The van der Waals surface area contributed by atoms with Gasteiger partial charge in [0.1, 0.15) is 6.04 Å². The molecule has 1 aliphatic carbocycles. The van der Waals surface area contributed by atoms with Crippen LogP contribution in [0, 0.1) is 0 Å². The number of nitrogens with zero attached hydrogens (tertiary/aromatic N) is 1. The lowest BCUT2D eigenvalue weighted by Gasteiger charge is -2.24. The Labute approximate surface area is 98.0 Å². The van der Waals surface area contributed by atoms with Crippen molar-refractivity contribution in [3.8, 4) is 0 Å². The van der Waals surface area contributed by atoms with Crippen LogP contribution in [0.15, 0.2) is 0 Å². The van der Waals surface area contributed by atoms with Crippen LogP contribution in [0.1, 0.15) is 39.0 Å². The minimum Gasteiger partial charge on any atom is -0.480 e. The van der Waals surface area contributed by atoms with Crippen LogP contribution in [0.2, 0.25) is 0 Å². The molecule has 1 fully saturated rings. The summed E-state index contributed by atoms with van der Waals surface area (Å²) in [6.07, 6.45) is 5.92. The van der Waals surface area contributed by atoms with Crippen LogP contribution in [0.25, 0.3) is 0 Å². The number of nitrogens with one attached hydrogen (secondary N) is 1. The van der Waals surface area contributed by atoms with Gasteiger partial charge in [-0.15, -0.1) is 0 Å². The van der Waals surface area contributed by atoms with Gasteiger partial charge in [-0.3, -0.25) is 4.79 Å². The van der Waals surface area contributed by atoms with E-state index in [2.05, 4.69) is 17.3 Å². The molecule has 0 aromatic heterocycles. The van der Waals surface area contributed by atoms with Crippen LogP contribution in [0.4, 0.5) is 0 Å². The monoisotopic (exact) mass is 228 g/mol. The molecule has 16 heavy (non-hydrogen) atoms. The maximum atomic E-state index is 10.8. The summed E-state index contributed by atoms with van der Waals surface area (Å²) in [6.45, 7) is 3.60. The van der Waals surface area contributed by atoms with Crippen molar-refractivity contribution >= 4 is 5.97 Å². The lowest BCUT2D eigenvalue weighted by Crippen LogP contribution is -2.42. The second-order valence-electron chi connectivity index (χ2n) is 4.67. The standard InChI is InChI=1S/C12H24N2O2/c1-3-11(12(15)16)13-8-9-14(2)10-6-4-5-7-10/h10-11,13H,3-9H2,1-2H3,(H,15,16). The Morgan fingerprint density at radius 3 is 2.62 bits per heavy atom. The minimum atomic E-state index is -0.744. The first-order chi connectivity index (χ1) is 7.65. The van der Waals surface area contributed by atoms with Crippen molar-refractivity contribution in [2.24, 2.45) is 0 Å². The van der Waals surface area contributed by atoms with Gasteiger partial charge < -0.3 is 15.3 Å². The first kappa shape index (κ1) is 13.5. The van der Waals surface area contributed by atoms with E-state index < -0.39 is 12.0 Å². The zero-order valence-electron chi connectivity index (χ0n) is 10.4. The molecule has 1 rings (SSSR count). The van der Waals surface area contributed by atoms with Crippen molar-refractivity contribution in [1.82, 2.24) is 10.2 Å². The number of likely N-dealkylation sites (N-methyl/N-ethyl adjacent to an activating group) is 1. The molecule has 94 valence electrons. The average Bonchev–Trinajstić information content (AvgIpc) is 2.76. The van der Waals surface area contributed by atoms with Crippen molar-refractivity contribution in [3.63, 3.8) is 0 Å². The molecule has 4 nitrogen and oxygen atoms in total. The zero-order chi connectivity index (χ0) is 12.0. The van der Waals surface area contributed by atoms with Gasteiger partial charge in [-0.05, 0) is 26.3 Å². The summed E-state index contributed by atoms with van der Waals surface area (Å²) in [5.74, 6) is -0.744. The first-order valence-corrected chi connectivity index (χ1v) is 6.31. The lowest BCUT2D eigenvalue weighted by atomic mass is 10.2. The van der Waals surface area contributed by atoms with Crippen molar-refractivity contribution in [2.45, 2.75) is 51.1 Å². The molecule has 1 atom stereocenters. The van der Waals surface area contributed by atoms with Gasteiger partial charge in [0.25, 0.3) is 0 Å². The highest BCUT2D eigenvalue weighted by molar-refractivity contribution is 5.73. The van der Waals surface area contributed by atoms with Crippen LogP contribution in [0.5, 0.6) is 0 Å². The highest BCUT2D eigenvalue weighted by atomic mass is 16.4. The maximum Gasteiger partial charge on any atom is 0.320 e. The highest BCUT2D eigenvalue weighted by Crippen LogP contribution is 2.21. The second-order valence-corrected chi connectivity index (χ2v) is 4.67. The fourth-order valence-corrected chi connectivity index (χ4v) is 2.35. The molecular formula is C12H24N2O2. The number of carbonyl (C=O) groups is 1. The molecule has 0 amide bonds. The van der Waals surface area contributed by atoms with Gasteiger partial charge in [0, 0.05) is 19.1 Å².